The predicted molar refractivity (Wildman–Crippen MR) is 73.9 cm³/mol. The predicted octanol–water partition coefficient (Wildman–Crippen LogP) is 4.41. The average Bonchev–Trinajstić information content (AvgIpc) is 2.33. The van der Waals surface area contributed by atoms with Gasteiger partial charge in [-0.05, 0) is 23.6 Å². The van der Waals surface area contributed by atoms with Gasteiger partial charge in [-0.3, -0.25) is 5.10 Å². The molecule has 0 spiro atoms. The van der Waals surface area contributed by atoms with Gasteiger partial charge in [-0.25, -0.2) is 0 Å². The van der Waals surface area contributed by atoms with Crippen LogP contribution in [0.3, 0.4) is 0 Å². The van der Waals surface area contributed by atoms with Crippen molar-refractivity contribution in [3.8, 4) is 11.1 Å². The molecule has 1 N–H and O–H groups in total. The van der Waals surface area contributed by atoms with E-state index in [1.165, 1.54) is 5.56 Å². The van der Waals surface area contributed by atoms with Crippen LogP contribution >= 0.6 is 23.8 Å². The summed E-state index contributed by atoms with van der Waals surface area (Å²) in [5.41, 5.74) is 3.33. The van der Waals surface area contributed by atoms with Crippen molar-refractivity contribution < 1.29 is 0 Å². The van der Waals surface area contributed by atoms with Crippen LogP contribution in [0.15, 0.2) is 30.3 Å². The largest absolute Gasteiger partial charge is 0.266 e. The van der Waals surface area contributed by atoms with E-state index >= 15 is 0 Å². The second-order valence-electron chi connectivity index (χ2n) is 3.88. The summed E-state index contributed by atoms with van der Waals surface area (Å²) in [6.45, 7) is 2.17. The molecule has 2 nitrogen and oxygen atoms in total. The van der Waals surface area contributed by atoms with Gasteiger partial charge >= 0.3 is 0 Å². The Balaban J connectivity index is 2.49. The summed E-state index contributed by atoms with van der Waals surface area (Å²) in [6.07, 6.45) is 2.20. The third kappa shape index (κ3) is 2.93. The van der Waals surface area contributed by atoms with Gasteiger partial charge in [0.15, 0.2) is 0 Å². The number of nitrogens with zero attached hydrogens (tertiary/aromatic N) is 1. The lowest BCUT2D eigenvalue weighted by Crippen LogP contribution is -1.89. The van der Waals surface area contributed by atoms with Crippen molar-refractivity contribution in [2.45, 2.75) is 19.8 Å². The van der Waals surface area contributed by atoms with Gasteiger partial charge in [0.1, 0.15) is 9.79 Å². The molecule has 0 atom stereocenters. The summed E-state index contributed by atoms with van der Waals surface area (Å²) in [5, 5.41) is 7.04. The zero-order valence-corrected chi connectivity index (χ0v) is 11.1. The molecule has 17 heavy (non-hydrogen) atoms. The monoisotopic (exact) mass is 264 g/mol. The van der Waals surface area contributed by atoms with Gasteiger partial charge in [0.05, 0.1) is 0 Å². The first-order valence-electron chi connectivity index (χ1n) is 5.55. The minimum absolute atomic E-state index is 0.425. The van der Waals surface area contributed by atoms with E-state index in [1.807, 2.05) is 12.1 Å². The van der Waals surface area contributed by atoms with Crippen molar-refractivity contribution in [1.82, 2.24) is 10.2 Å². The molecule has 1 aromatic heterocycles. The maximum atomic E-state index is 5.88. The van der Waals surface area contributed by atoms with Crippen LogP contribution in [0.4, 0.5) is 0 Å². The molecule has 0 bridgehead atoms. The van der Waals surface area contributed by atoms with Gasteiger partial charge < -0.3 is 0 Å². The third-order valence-electron chi connectivity index (χ3n) is 2.55. The second-order valence-corrected chi connectivity index (χ2v) is 4.68. The number of aromatic amines is 1. The molecule has 0 fully saturated rings. The maximum Gasteiger partial charge on any atom is 0.150 e. The molecule has 0 saturated heterocycles. The van der Waals surface area contributed by atoms with Gasteiger partial charge in [0, 0.05) is 5.56 Å². The molecule has 2 aromatic rings. The molecule has 0 saturated carbocycles. The number of nitrogens with one attached hydrogen (secondary N) is 1. The van der Waals surface area contributed by atoms with E-state index in [0.29, 0.717) is 9.79 Å². The van der Waals surface area contributed by atoms with Crippen molar-refractivity contribution in [2.24, 2.45) is 0 Å². The minimum Gasteiger partial charge on any atom is -0.266 e. The maximum absolute atomic E-state index is 5.88. The standard InChI is InChI=1S/C13H13ClN2S/c1-2-4-9-5-3-6-10(7-9)11-8-12(14)15-16-13(11)17/h3,5-8H,2,4H2,1H3,(H,16,17). The lowest BCUT2D eigenvalue weighted by molar-refractivity contribution is 0.922. The number of rotatable bonds is 3. The Morgan fingerprint density at radius 1 is 1.35 bits per heavy atom. The SMILES string of the molecule is CCCc1cccc(-c2cc(Cl)n[nH]c2=S)c1. The second kappa shape index (κ2) is 5.43. The lowest BCUT2D eigenvalue weighted by atomic mass is 10.0. The van der Waals surface area contributed by atoms with E-state index < -0.39 is 0 Å². The highest BCUT2D eigenvalue weighted by Gasteiger charge is 2.03. The number of hydrogen-bond donors (Lipinski definition) is 1. The quantitative estimate of drug-likeness (QED) is 0.832. The minimum atomic E-state index is 0.425. The van der Waals surface area contributed by atoms with E-state index in [-0.39, 0.29) is 0 Å². The molecule has 0 aliphatic heterocycles. The smallest absolute Gasteiger partial charge is 0.150 e. The van der Waals surface area contributed by atoms with Crippen LogP contribution in [0.2, 0.25) is 5.15 Å². The summed E-state index contributed by atoms with van der Waals surface area (Å²) in [5.74, 6) is 0. The van der Waals surface area contributed by atoms with Crippen LogP contribution in [-0.2, 0) is 6.42 Å². The fourth-order valence-electron chi connectivity index (χ4n) is 1.78. The van der Waals surface area contributed by atoms with E-state index in [2.05, 4.69) is 29.3 Å². The number of hydrogen-bond acceptors (Lipinski definition) is 2. The average molecular weight is 265 g/mol. The van der Waals surface area contributed by atoms with Crippen molar-refractivity contribution >= 4 is 23.8 Å². The van der Waals surface area contributed by atoms with Gasteiger partial charge in [-0.1, -0.05) is 61.4 Å². The van der Waals surface area contributed by atoms with Crippen molar-refractivity contribution in [2.75, 3.05) is 0 Å². The van der Waals surface area contributed by atoms with Crippen LogP contribution < -0.4 is 0 Å². The Hall–Kier alpha value is -1.19. The van der Waals surface area contributed by atoms with Crippen molar-refractivity contribution in [1.29, 1.82) is 0 Å². The molecular weight excluding hydrogens is 252 g/mol. The number of aryl methyl sites for hydroxylation is 1. The number of benzene rings is 1. The van der Waals surface area contributed by atoms with Crippen molar-refractivity contribution in [3.63, 3.8) is 0 Å². The summed E-state index contributed by atoms with van der Waals surface area (Å²) < 4.78 is 0.614. The highest BCUT2D eigenvalue weighted by molar-refractivity contribution is 7.71. The zero-order valence-electron chi connectivity index (χ0n) is 9.53. The topological polar surface area (TPSA) is 28.7 Å². The fraction of sp³-hybridized carbons (Fsp3) is 0.231. The fourth-order valence-corrected chi connectivity index (χ4v) is 2.15. The summed E-state index contributed by atoms with van der Waals surface area (Å²) in [6, 6.07) is 10.2. The van der Waals surface area contributed by atoms with Gasteiger partial charge in [-0.15, -0.1) is 0 Å². The lowest BCUT2D eigenvalue weighted by Gasteiger charge is -2.05. The van der Waals surface area contributed by atoms with Crippen molar-refractivity contribution in [3.05, 3.63) is 45.7 Å². The summed E-state index contributed by atoms with van der Waals surface area (Å²) in [7, 11) is 0. The normalized spacial score (nSPS) is 10.5. The molecule has 0 radical (unpaired) electrons. The Morgan fingerprint density at radius 2 is 2.18 bits per heavy atom. The Labute approximate surface area is 111 Å². The summed E-state index contributed by atoms with van der Waals surface area (Å²) in [4.78, 5) is 0. The van der Waals surface area contributed by atoms with E-state index in [4.69, 9.17) is 23.8 Å². The highest BCUT2D eigenvalue weighted by Crippen LogP contribution is 2.23. The molecule has 4 heteroatoms. The Kier molecular flexibility index (Phi) is 3.92. The number of halogens is 1. The molecule has 0 amide bonds. The van der Waals surface area contributed by atoms with E-state index in [1.54, 1.807) is 6.07 Å². The van der Waals surface area contributed by atoms with Crippen LogP contribution in [0.1, 0.15) is 18.9 Å². The first kappa shape index (κ1) is 12.3. The summed E-state index contributed by atoms with van der Waals surface area (Å²) >= 11 is 11.1. The number of aromatic nitrogens is 2. The molecule has 0 aliphatic rings. The van der Waals surface area contributed by atoms with Gasteiger partial charge in [0.25, 0.3) is 0 Å². The van der Waals surface area contributed by atoms with Gasteiger partial charge in [-0.2, -0.15) is 5.10 Å². The molecular formula is C13H13ClN2S. The first-order valence-corrected chi connectivity index (χ1v) is 6.34. The first-order chi connectivity index (χ1) is 8.20. The molecule has 1 heterocycles. The van der Waals surface area contributed by atoms with Crippen LogP contribution in [0, 0.1) is 4.64 Å². The highest BCUT2D eigenvalue weighted by atomic mass is 35.5. The zero-order chi connectivity index (χ0) is 12.3. The van der Waals surface area contributed by atoms with Crippen LogP contribution in [0.25, 0.3) is 11.1 Å². The molecule has 1 aromatic carbocycles. The Bertz CT molecular complexity index is 578. The molecule has 0 aliphatic carbocycles. The molecule has 88 valence electrons. The van der Waals surface area contributed by atoms with E-state index in [9.17, 15) is 0 Å². The van der Waals surface area contributed by atoms with Crippen LogP contribution in [0.5, 0.6) is 0 Å². The molecule has 0 unspecified atom stereocenters. The molecule has 2 rings (SSSR count). The van der Waals surface area contributed by atoms with Gasteiger partial charge in [0.2, 0.25) is 0 Å². The Morgan fingerprint density at radius 3 is 2.94 bits per heavy atom. The third-order valence-corrected chi connectivity index (χ3v) is 3.05. The van der Waals surface area contributed by atoms with E-state index in [0.717, 1.165) is 24.0 Å². The number of H-pyrrole nitrogens is 1. The van der Waals surface area contributed by atoms with Crippen LogP contribution in [-0.4, -0.2) is 10.2 Å².